The molecular weight excluding hydrogens is 212 g/mol. The summed E-state index contributed by atoms with van der Waals surface area (Å²) >= 11 is 0. The van der Waals surface area contributed by atoms with Gasteiger partial charge >= 0.3 is 0 Å². The summed E-state index contributed by atoms with van der Waals surface area (Å²) in [7, 11) is 0. The van der Waals surface area contributed by atoms with Crippen LogP contribution in [0.15, 0.2) is 47.3 Å². The first-order chi connectivity index (χ1) is 8.34. The molecule has 0 aliphatic heterocycles. The quantitative estimate of drug-likeness (QED) is 0.786. The lowest BCUT2D eigenvalue weighted by Gasteiger charge is -2.22. The highest BCUT2D eigenvalue weighted by atomic mass is 16.3. The molecule has 0 fully saturated rings. The van der Waals surface area contributed by atoms with Crippen molar-refractivity contribution in [2.45, 2.75) is 19.3 Å². The molecule has 0 radical (unpaired) electrons. The maximum atomic E-state index is 12.3. The number of Topliss-reactive ketones (excluding diaryl/α,β-unsaturated/α-hetero) is 1. The summed E-state index contributed by atoms with van der Waals surface area (Å²) in [5.74, 6) is 0.399. The van der Waals surface area contributed by atoms with Gasteiger partial charge in [0.25, 0.3) is 0 Å². The summed E-state index contributed by atoms with van der Waals surface area (Å²) in [6.45, 7) is 0. The van der Waals surface area contributed by atoms with E-state index in [0.29, 0.717) is 0 Å². The average molecular weight is 226 g/mol. The highest BCUT2D eigenvalue weighted by molar-refractivity contribution is 6.00. The van der Waals surface area contributed by atoms with Gasteiger partial charge in [0.1, 0.15) is 0 Å². The van der Waals surface area contributed by atoms with Gasteiger partial charge < -0.3 is 4.42 Å². The largest absolute Gasteiger partial charge is 0.472 e. The SMILES string of the molecule is O=C1c2ccccc2CCC1Cc1ccoc1. The minimum Gasteiger partial charge on any atom is -0.472 e. The molecule has 1 atom stereocenters. The zero-order chi connectivity index (χ0) is 11.7. The number of carbonyl (C=O) groups is 1. The molecule has 86 valence electrons. The van der Waals surface area contributed by atoms with E-state index in [0.717, 1.165) is 30.4 Å². The Bertz CT molecular complexity index is 526. The minimum absolute atomic E-state index is 0.113. The predicted molar refractivity (Wildman–Crippen MR) is 65.0 cm³/mol. The first kappa shape index (κ1) is 10.3. The maximum Gasteiger partial charge on any atom is 0.166 e. The minimum atomic E-state index is 0.113. The molecule has 1 unspecified atom stereocenters. The van der Waals surface area contributed by atoms with Crippen LogP contribution in [0.2, 0.25) is 0 Å². The fraction of sp³-hybridized carbons (Fsp3) is 0.267. The lowest BCUT2D eigenvalue weighted by molar-refractivity contribution is 0.0901. The van der Waals surface area contributed by atoms with Crippen LogP contribution < -0.4 is 0 Å². The highest BCUT2D eigenvalue weighted by Crippen LogP contribution is 2.27. The standard InChI is InChI=1S/C15H14O2/c16-15-13(9-11-7-8-17-10-11)6-5-12-3-1-2-4-14(12)15/h1-4,7-8,10,13H,5-6,9H2. The molecule has 1 aliphatic carbocycles. The molecule has 0 saturated heterocycles. The number of aryl methyl sites for hydroxylation is 1. The van der Waals surface area contributed by atoms with Gasteiger partial charge in [0.05, 0.1) is 12.5 Å². The molecule has 2 heteroatoms. The summed E-state index contributed by atoms with van der Waals surface area (Å²) < 4.78 is 5.05. The number of hydrogen-bond acceptors (Lipinski definition) is 2. The molecule has 0 N–H and O–H groups in total. The zero-order valence-corrected chi connectivity index (χ0v) is 9.56. The molecule has 1 aromatic carbocycles. The van der Waals surface area contributed by atoms with Crippen LogP contribution in [0.1, 0.15) is 27.9 Å². The number of carbonyl (C=O) groups excluding carboxylic acids is 1. The fourth-order valence-electron chi connectivity index (χ4n) is 2.55. The molecule has 2 aromatic rings. The number of hydrogen-bond donors (Lipinski definition) is 0. The Morgan fingerprint density at radius 3 is 2.94 bits per heavy atom. The number of fused-ring (bicyclic) bond motifs is 1. The molecule has 1 aromatic heterocycles. The van der Waals surface area contributed by atoms with E-state index in [-0.39, 0.29) is 11.7 Å². The Hall–Kier alpha value is -1.83. The highest BCUT2D eigenvalue weighted by Gasteiger charge is 2.27. The van der Waals surface area contributed by atoms with Crippen molar-refractivity contribution in [3.8, 4) is 0 Å². The van der Waals surface area contributed by atoms with Gasteiger partial charge in [0, 0.05) is 11.5 Å². The number of ketones is 1. The Kier molecular flexibility index (Phi) is 2.56. The first-order valence-corrected chi connectivity index (χ1v) is 5.98. The summed E-state index contributed by atoms with van der Waals surface area (Å²) in [5.41, 5.74) is 3.22. The summed E-state index contributed by atoms with van der Waals surface area (Å²) in [6.07, 6.45) is 6.14. The second-order valence-electron chi connectivity index (χ2n) is 4.59. The van der Waals surface area contributed by atoms with Gasteiger partial charge in [-0.15, -0.1) is 0 Å². The van der Waals surface area contributed by atoms with Crippen LogP contribution in [0.3, 0.4) is 0 Å². The number of furan rings is 1. The smallest absolute Gasteiger partial charge is 0.166 e. The molecule has 2 nitrogen and oxygen atoms in total. The number of benzene rings is 1. The third-order valence-corrected chi connectivity index (χ3v) is 3.48. The van der Waals surface area contributed by atoms with Crippen molar-refractivity contribution < 1.29 is 9.21 Å². The monoisotopic (exact) mass is 226 g/mol. The van der Waals surface area contributed by atoms with E-state index in [4.69, 9.17) is 4.42 Å². The van der Waals surface area contributed by atoms with Crippen molar-refractivity contribution in [1.29, 1.82) is 0 Å². The van der Waals surface area contributed by atoms with Crippen molar-refractivity contribution in [2.24, 2.45) is 5.92 Å². The van der Waals surface area contributed by atoms with Crippen molar-refractivity contribution in [3.05, 3.63) is 59.5 Å². The number of rotatable bonds is 2. The van der Waals surface area contributed by atoms with Crippen LogP contribution in [-0.4, -0.2) is 5.78 Å². The van der Waals surface area contributed by atoms with Crippen LogP contribution >= 0.6 is 0 Å². The van der Waals surface area contributed by atoms with E-state index in [1.54, 1.807) is 12.5 Å². The van der Waals surface area contributed by atoms with E-state index in [9.17, 15) is 4.79 Å². The van der Waals surface area contributed by atoms with E-state index in [2.05, 4.69) is 6.07 Å². The fourth-order valence-corrected chi connectivity index (χ4v) is 2.55. The van der Waals surface area contributed by atoms with Crippen molar-refractivity contribution in [1.82, 2.24) is 0 Å². The van der Waals surface area contributed by atoms with E-state index >= 15 is 0 Å². The van der Waals surface area contributed by atoms with Crippen LogP contribution in [0.5, 0.6) is 0 Å². The van der Waals surface area contributed by atoms with Crippen molar-refractivity contribution >= 4 is 5.78 Å². The maximum absolute atomic E-state index is 12.3. The molecule has 0 spiro atoms. The van der Waals surface area contributed by atoms with Gasteiger partial charge in [0.15, 0.2) is 5.78 Å². The van der Waals surface area contributed by atoms with Crippen LogP contribution in [-0.2, 0) is 12.8 Å². The van der Waals surface area contributed by atoms with Gasteiger partial charge in [-0.25, -0.2) is 0 Å². The Morgan fingerprint density at radius 2 is 2.12 bits per heavy atom. The third kappa shape index (κ3) is 1.91. The van der Waals surface area contributed by atoms with Crippen LogP contribution in [0.25, 0.3) is 0 Å². The third-order valence-electron chi connectivity index (χ3n) is 3.48. The lowest BCUT2D eigenvalue weighted by atomic mass is 9.80. The average Bonchev–Trinajstić information content (AvgIpc) is 2.86. The van der Waals surface area contributed by atoms with E-state index in [1.807, 2.05) is 24.3 Å². The molecule has 0 saturated carbocycles. The Morgan fingerprint density at radius 1 is 1.24 bits per heavy atom. The normalized spacial score (nSPS) is 19.1. The van der Waals surface area contributed by atoms with Gasteiger partial charge in [-0.1, -0.05) is 24.3 Å². The lowest BCUT2D eigenvalue weighted by Crippen LogP contribution is -2.24. The van der Waals surface area contributed by atoms with Crippen LogP contribution in [0.4, 0.5) is 0 Å². The second kappa shape index (κ2) is 4.21. The van der Waals surface area contributed by atoms with E-state index < -0.39 is 0 Å². The zero-order valence-electron chi connectivity index (χ0n) is 9.56. The molecule has 0 amide bonds. The molecule has 17 heavy (non-hydrogen) atoms. The molecule has 3 rings (SSSR count). The molecule has 1 aliphatic rings. The Labute approximate surface area is 100 Å². The molecule has 0 bridgehead atoms. The van der Waals surface area contributed by atoms with Gasteiger partial charge in [-0.05, 0) is 36.5 Å². The Balaban J connectivity index is 1.84. The van der Waals surface area contributed by atoms with Gasteiger partial charge in [-0.3, -0.25) is 4.79 Å². The predicted octanol–water partition coefficient (Wildman–Crippen LogP) is 3.27. The second-order valence-corrected chi connectivity index (χ2v) is 4.59. The van der Waals surface area contributed by atoms with Gasteiger partial charge in [-0.2, -0.15) is 0 Å². The molecular formula is C15H14O2. The summed E-state index contributed by atoms with van der Waals surface area (Å²) in [5, 5.41) is 0. The van der Waals surface area contributed by atoms with Crippen molar-refractivity contribution in [2.75, 3.05) is 0 Å². The molecule has 1 heterocycles. The topological polar surface area (TPSA) is 30.2 Å². The summed E-state index contributed by atoms with van der Waals surface area (Å²) in [6, 6.07) is 9.88. The first-order valence-electron chi connectivity index (χ1n) is 5.98. The van der Waals surface area contributed by atoms with Crippen molar-refractivity contribution in [3.63, 3.8) is 0 Å². The van der Waals surface area contributed by atoms with Gasteiger partial charge in [0.2, 0.25) is 0 Å². The van der Waals surface area contributed by atoms with Crippen LogP contribution in [0, 0.1) is 5.92 Å². The van der Waals surface area contributed by atoms with E-state index in [1.165, 1.54) is 5.56 Å². The summed E-state index contributed by atoms with van der Waals surface area (Å²) in [4.78, 5) is 12.3.